The Morgan fingerprint density at radius 3 is 2.89 bits per heavy atom. The molecule has 8 heteroatoms. The van der Waals surface area contributed by atoms with Crippen LogP contribution in [0.1, 0.15) is 5.69 Å². The van der Waals surface area contributed by atoms with Crippen LogP contribution in [0.4, 0.5) is 5.13 Å². The lowest BCUT2D eigenvalue weighted by Gasteiger charge is -2.08. The molecule has 0 saturated carbocycles. The summed E-state index contributed by atoms with van der Waals surface area (Å²) in [6.07, 6.45) is 4.01. The summed E-state index contributed by atoms with van der Waals surface area (Å²) in [5, 5.41) is 4.61. The van der Waals surface area contributed by atoms with Crippen LogP contribution in [0.25, 0.3) is 0 Å². The summed E-state index contributed by atoms with van der Waals surface area (Å²) in [7, 11) is 0. The maximum absolute atomic E-state index is 11.8. The van der Waals surface area contributed by atoms with Gasteiger partial charge in [-0.3, -0.25) is 14.4 Å². The minimum absolute atomic E-state index is 0.0334. The second-order valence-electron chi connectivity index (χ2n) is 3.78. The zero-order valence-corrected chi connectivity index (χ0v) is 10.5. The molecule has 0 spiro atoms. The fourth-order valence-corrected chi connectivity index (χ4v) is 2.11. The van der Waals surface area contributed by atoms with Crippen LogP contribution in [0, 0.1) is 5.92 Å². The predicted molar refractivity (Wildman–Crippen MR) is 69.8 cm³/mol. The molecule has 2 heterocycles. The van der Waals surface area contributed by atoms with Crippen molar-refractivity contribution in [1.29, 1.82) is 0 Å². The standard InChI is InChI=1S/C11H10N4O3S/c12-8(16)3-7-5-19-11(14-7)15-10(18)6-1-2-9(17)13-4-6/h1-2,4-6H,3H2,(H2,12,16)(H,14,15,18). The first kappa shape index (κ1) is 13.1. The van der Waals surface area contributed by atoms with Crippen LogP contribution < -0.4 is 11.1 Å². The largest absolute Gasteiger partial charge is 0.369 e. The van der Waals surface area contributed by atoms with Crippen molar-refractivity contribution in [3.05, 3.63) is 23.2 Å². The summed E-state index contributed by atoms with van der Waals surface area (Å²) >= 11 is 1.20. The third kappa shape index (κ3) is 3.55. The number of nitrogens with two attached hydrogens (primary N) is 1. The molecular formula is C11H10N4O3S. The van der Waals surface area contributed by atoms with Crippen LogP contribution >= 0.6 is 11.3 Å². The number of hydrogen-bond donors (Lipinski definition) is 2. The van der Waals surface area contributed by atoms with Gasteiger partial charge in [0.25, 0.3) is 5.91 Å². The number of hydrogen-bond acceptors (Lipinski definition) is 5. The quantitative estimate of drug-likeness (QED) is 0.799. The van der Waals surface area contributed by atoms with Crippen LogP contribution in [0.3, 0.4) is 0 Å². The van der Waals surface area contributed by atoms with Crippen molar-refractivity contribution in [2.24, 2.45) is 16.6 Å². The lowest BCUT2D eigenvalue weighted by atomic mass is 10.1. The van der Waals surface area contributed by atoms with Gasteiger partial charge in [0.05, 0.1) is 18.0 Å². The van der Waals surface area contributed by atoms with Gasteiger partial charge in [0, 0.05) is 17.7 Å². The molecule has 98 valence electrons. The number of nitrogens with zero attached hydrogens (tertiary/aromatic N) is 2. The Bertz CT molecular complexity index is 575. The second kappa shape index (κ2) is 5.53. The Hall–Kier alpha value is -2.35. The van der Waals surface area contributed by atoms with Crippen molar-refractivity contribution in [3.63, 3.8) is 0 Å². The van der Waals surface area contributed by atoms with E-state index in [2.05, 4.69) is 15.3 Å². The Morgan fingerprint density at radius 2 is 2.26 bits per heavy atom. The molecule has 0 fully saturated rings. The molecule has 0 bridgehead atoms. The van der Waals surface area contributed by atoms with Crippen LogP contribution in [-0.4, -0.2) is 28.9 Å². The van der Waals surface area contributed by atoms with Gasteiger partial charge >= 0.3 is 0 Å². The number of primary amides is 1. The van der Waals surface area contributed by atoms with Gasteiger partial charge < -0.3 is 11.1 Å². The van der Waals surface area contributed by atoms with E-state index in [0.717, 1.165) is 0 Å². The van der Waals surface area contributed by atoms with Gasteiger partial charge in [-0.05, 0) is 0 Å². The van der Waals surface area contributed by atoms with Crippen molar-refractivity contribution in [3.8, 4) is 0 Å². The average molecular weight is 278 g/mol. The molecule has 1 aliphatic heterocycles. The first-order valence-electron chi connectivity index (χ1n) is 5.34. The molecular weight excluding hydrogens is 268 g/mol. The van der Waals surface area contributed by atoms with E-state index < -0.39 is 11.8 Å². The van der Waals surface area contributed by atoms with E-state index in [1.807, 2.05) is 0 Å². The molecule has 3 N–H and O–H groups in total. The summed E-state index contributed by atoms with van der Waals surface area (Å²) < 4.78 is 0. The van der Waals surface area contributed by atoms with Gasteiger partial charge in [-0.15, -0.1) is 11.3 Å². The van der Waals surface area contributed by atoms with Crippen molar-refractivity contribution >= 4 is 40.4 Å². The number of aromatic nitrogens is 1. The zero-order valence-electron chi connectivity index (χ0n) is 9.70. The van der Waals surface area contributed by atoms with E-state index >= 15 is 0 Å². The number of amides is 3. The Labute approximate surface area is 112 Å². The molecule has 3 amide bonds. The smallest absolute Gasteiger partial charge is 0.269 e. The summed E-state index contributed by atoms with van der Waals surface area (Å²) in [5.74, 6) is -1.81. The van der Waals surface area contributed by atoms with E-state index in [9.17, 15) is 14.4 Å². The average Bonchev–Trinajstić information content (AvgIpc) is 2.76. The monoisotopic (exact) mass is 278 g/mol. The van der Waals surface area contributed by atoms with Crippen molar-refractivity contribution in [2.45, 2.75) is 6.42 Å². The number of anilines is 1. The van der Waals surface area contributed by atoms with Crippen molar-refractivity contribution in [2.75, 3.05) is 5.32 Å². The van der Waals surface area contributed by atoms with E-state index in [4.69, 9.17) is 5.73 Å². The van der Waals surface area contributed by atoms with Gasteiger partial charge in [0.1, 0.15) is 0 Å². The minimum Gasteiger partial charge on any atom is -0.369 e. The van der Waals surface area contributed by atoms with E-state index in [1.54, 1.807) is 5.38 Å². The number of carbonyl (C=O) groups excluding carboxylic acids is 3. The normalized spacial score (nSPS) is 17.5. The Kier molecular flexibility index (Phi) is 3.81. The van der Waals surface area contributed by atoms with Crippen LogP contribution in [-0.2, 0) is 20.8 Å². The maximum Gasteiger partial charge on any atom is 0.269 e. The molecule has 0 radical (unpaired) electrons. The molecule has 2 rings (SSSR count). The molecule has 1 atom stereocenters. The van der Waals surface area contributed by atoms with E-state index in [-0.39, 0.29) is 18.2 Å². The summed E-state index contributed by atoms with van der Waals surface area (Å²) in [6.45, 7) is 0. The van der Waals surface area contributed by atoms with Gasteiger partial charge in [0.2, 0.25) is 11.8 Å². The molecule has 1 aromatic heterocycles. The third-order valence-electron chi connectivity index (χ3n) is 2.25. The molecule has 7 nitrogen and oxygen atoms in total. The highest BCUT2D eigenvalue weighted by atomic mass is 32.1. The molecule has 0 saturated heterocycles. The number of thiazole rings is 1. The lowest BCUT2D eigenvalue weighted by Crippen LogP contribution is -2.24. The number of rotatable bonds is 4. The summed E-state index contributed by atoms with van der Waals surface area (Å²) in [4.78, 5) is 40.9. The number of nitrogens with one attached hydrogen (secondary N) is 1. The highest BCUT2D eigenvalue weighted by Crippen LogP contribution is 2.17. The topological polar surface area (TPSA) is 115 Å². The molecule has 0 aromatic carbocycles. The van der Waals surface area contributed by atoms with Gasteiger partial charge in [-0.2, -0.15) is 0 Å². The number of dihydropyridines is 1. The highest BCUT2D eigenvalue weighted by Gasteiger charge is 2.18. The molecule has 1 aliphatic rings. The summed E-state index contributed by atoms with van der Waals surface area (Å²) in [6, 6.07) is 0. The number of carbonyl (C=O) groups is 3. The predicted octanol–water partition coefficient (Wildman–Crippen LogP) is -0.107. The summed E-state index contributed by atoms with van der Waals surface area (Å²) in [5.41, 5.74) is 5.55. The fraction of sp³-hybridized carbons (Fsp3) is 0.182. The second-order valence-corrected chi connectivity index (χ2v) is 4.64. The van der Waals surface area contributed by atoms with Crippen molar-refractivity contribution < 1.29 is 14.4 Å². The zero-order chi connectivity index (χ0) is 13.8. The Morgan fingerprint density at radius 1 is 1.47 bits per heavy atom. The van der Waals surface area contributed by atoms with E-state index in [0.29, 0.717) is 10.8 Å². The SMILES string of the molecule is NC(=O)Cc1csc(NC(=O)C2C=CC(=O)N=C2)n1. The first-order chi connectivity index (χ1) is 9.04. The van der Waals surface area contributed by atoms with Gasteiger partial charge in [-0.25, -0.2) is 9.98 Å². The van der Waals surface area contributed by atoms with Gasteiger partial charge in [-0.1, -0.05) is 6.08 Å². The lowest BCUT2D eigenvalue weighted by molar-refractivity contribution is -0.118. The molecule has 1 unspecified atom stereocenters. The third-order valence-corrected chi connectivity index (χ3v) is 3.06. The molecule has 0 aliphatic carbocycles. The first-order valence-corrected chi connectivity index (χ1v) is 6.22. The number of aliphatic imine (C=N–C) groups is 1. The molecule has 1 aromatic rings. The van der Waals surface area contributed by atoms with Crippen molar-refractivity contribution in [1.82, 2.24) is 4.98 Å². The minimum atomic E-state index is -0.596. The highest BCUT2D eigenvalue weighted by molar-refractivity contribution is 7.13. The van der Waals surface area contributed by atoms with Crippen LogP contribution in [0.2, 0.25) is 0 Å². The van der Waals surface area contributed by atoms with Crippen LogP contribution in [0.15, 0.2) is 22.5 Å². The molecule has 19 heavy (non-hydrogen) atoms. The van der Waals surface area contributed by atoms with E-state index in [1.165, 1.54) is 29.7 Å². The fourth-order valence-electron chi connectivity index (χ4n) is 1.40. The van der Waals surface area contributed by atoms with Crippen LogP contribution in [0.5, 0.6) is 0 Å². The van der Waals surface area contributed by atoms with Gasteiger partial charge in [0.15, 0.2) is 5.13 Å². The maximum atomic E-state index is 11.8. The Balaban J connectivity index is 1.97.